The second-order valence-electron chi connectivity index (χ2n) is 7.08. The lowest BCUT2D eigenvalue weighted by molar-refractivity contribution is 0.102. The van der Waals surface area contributed by atoms with Crippen LogP contribution in [-0.2, 0) is 10.0 Å². The van der Waals surface area contributed by atoms with E-state index in [4.69, 9.17) is 0 Å². The van der Waals surface area contributed by atoms with Crippen LogP contribution in [0.25, 0.3) is 5.69 Å². The molecule has 3 aromatic rings. The molecule has 1 N–H and O–H groups in total. The maximum Gasteiger partial charge on any atom is 0.255 e. The van der Waals surface area contributed by atoms with E-state index in [1.54, 1.807) is 53.5 Å². The molecular formula is C20H22N6O3S. The summed E-state index contributed by atoms with van der Waals surface area (Å²) in [6, 6.07) is 13.2. The summed E-state index contributed by atoms with van der Waals surface area (Å²) in [6.07, 6.45) is 3.01. The number of likely N-dealkylation sites (N-methyl/N-ethyl adjacent to an activating group) is 1. The zero-order chi connectivity index (χ0) is 21.1. The Balaban J connectivity index is 1.48. The van der Waals surface area contributed by atoms with Crippen molar-refractivity contribution in [3.8, 4) is 5.69 Å². The first kappa shape index (κ1) is 20.2. The Hall–Kier alpha value is -3.08. The van der Waals surface area contributed by atoms with Crippen molar-refractivity contribution in [1.29, 1.82) is 0 Å². The third-order valence-electron chi connectivity index (χ3n) is 5.00. The minimum atomic E-state index is -3.60. The van der Waals surface area contributed by atoms with Gasteiger partial charge in [0.25, 0.3) is 5.91 Å². The zero-order valence-electron chi connectivity index (χ0n) is 16.5. The fourth-order valence-electron chi connectivity index (χ4n) is 3.22. The number of rotatable bonds is 5. The Morgan fingerprint density at radius 2 is 1.77 bits per heavy atom. The van der Waals surface area contributed by atoms with Crippen molar-refractivity contribution in [3.63, 3.8) is 0 Å². The largest absolute Gasteiger partial charge is 0.322 e. The number of amides is 1. The van der Waals surface area contributed by atoms with Crippen LogP contribution in [-0.4, -0.2) is 71.5 Å². The number of aromatic nitrogens is 3. The lowest BCUT2D eigenvalue weighted by atomic mass is 10.2. The van der Waals surface area contributed by atoms with E-state index in [0.29, 0.717) is 37.4 Å². The highest BCUT2D eigenvalue weighted by Gasteiger charge is 2.27. The number of benzene rings is 2. The third kappa shape index (κ3) is 4.25. The van der Waals surface area contributed by atoms with Gasteiger partial charge in [0.2, 0.25) is 10.0 Å². The summed E-state index contributed by atoms with van der Waals surface area (Å²) in [5, 5.41) is 6.82. The molecule has 1 saturated heterocycles. The van der Waals surface area contributed by atoms with E-state index in [2.05, 4.69) is 20.3 Å². The van der Waals surface area contributed by atoms with Gasteiger partial charge in [-0.2, -0.15) is 9.40 Å². The number of nitrogens with zero attached hydrogens (tertiary/aromatic N) is 5. The standard InChI is InChI=1S/C20H22N6O3S/c1-24-9-11-25(12-10-24)30(28,29)19-4-2-3-17(13-19)23-20(27)16-5-7-18(8-6-16)26-15-21-14-22-26/h2-8,13-15H,9-12H2,1H3,(H,23,27). The Labute approximate surface area is 175 Å². The molecule has 156 valence electrons. The van der Waals surface area contributed by atoms with Gasteiger partial charge in [0.15, 0.2) is 0 Å². The van der Waals surface area contributed by atoms with Crippen molar-refractivity contribution in [3.05, 3.63) is 66.7 Å². The first-order valence-electron chi connectivity index (χ1n) is 9.49. The fourth-order valence-corrected chi connectivity index (χ4v) is 4.69. The monoisotopic (exact) mass is 426 g/mol. The van der Waals surface area contributed by atoms with Crippen molar-refractivity contribution in [1.82, 2.24) is 24.0 Å². The topological polar surface area (TPSA) is 100 Å². The van der Waals surface area contributed by atoms with Gasteiger partial charge in [0, 0.05) is 37.4 Å². The first-order chi connectivity index (χ1) is 14.4. The van der Waals surface area contributed by atoms with Crippen molar-refractivity contribution in [2.75, 3.05) is 38.5 Å². The van der Waals surface area contributed by atoms with E-state index in [1.165, 1.54) is 16.7 Å². The molecule has 0 spiro atoms. The van der Waals surface area contributed by atoms with Crippen LogP contribution in [0.3, 0.4) is 0 Å². The van der Waals surface area contributed by atoms with Gasteiger partial charge in [0.1, 0.15) is 12.7 Å². The molecule has 1 amide bonds. The average molecular weight is 427 g/mol. The highest BCUT2D eigenvalue weighted by atomic mass is 32.2. The fraction of sp³-hybridized carbons (Fsp3) is 0.250. The van der Waals surface area contributed by atoms with Gasteiger partial charge in [0.05, 0.1) is 10.6 Å². The number of carbonyl (C=O) groups is 1. The number of nitrogens with one attached hydrogen (secondary N) is 1. The predicted octanol–water partition coefficient (Wildman–Crippen LogP) is 1.46. The Bertz CT molecular complexity index is 1120. The number of sulfonamides is 1. The molecule has 30 heavy (non-hydrogen) atoms. The molecular weight excluding hydrogens is 404 g/mol. The maximum atomic E-state index is 12.9. The van der Waals surface area contributed by atoms with Crippen molar-refractivity contribution in [2.45, 2.75) is 4.90 Å². The highest BCUT2D eigenvalue weighted by molar-refractivity contribution is 7.89. The Morgan fingerprint density at radius 1 is 1.03 bits per heavy atom. The zero-order valence-corrected chi connectivity index (χ0v) is 17.3. The van der Waals surface area contributed by atoms with Crippen LogP contribution in [0.4, 0.5) is 5.69 Å². The van der Waals surface area contributed by atoms with Gasteiger partial charge in [-0.25, -0.2) is 18.1 Å². The van der Waals surface area contributed by atoms with Gasteiger partial charge in [-0.15, -0.1) is 0 Å². The van der Waals surface area contributed by atoms with Crippen molar-refractivity contribution < 1.29 is 13.2 Å². The van der Waals surface area contributed by atoms with Gasteiger partial charge in [-0.3, -0.25) is 4.79 Å². The molecule has 1 fully saturated rings. The van der Waals surface area contributed by atoms with Gasteiger partial charge in [-0.1, -0.05) is 6.07 Å². The molecule has 1 aromatic heterocycles. The SMILES string of the molecule is CN1CCN(S(=O)(=O)c2cccc(NC(=O)c3ccc(-n4cncn4)cc3)c2)CC1. The van der Waals surface area contributed by atoms with Gasteiger partial charge >= 0.3 is 0 Å². The lowest BCUT2D eigenvalue weighted by Gasteiger charge is -2.31. The highest BCUT2D eigenvalue weighted by Crippen LogP contribution is 2.21. The average Bonchev–Trinajstić information content (AvgIpc) is 3.29. The molecule has 9 nitrogen and oxygen atoms in total. The van der Waals surface area contributed by atoms with Crippen LogP contribution >= 0.6 is 0 Å². The van der Waals surface area contributed by atoms with Crippen LogP contribution in [0, 0.1) is 0 Å². The van der Waals surface area contributed by atoms with Crippen LogP contribution in [0.15, 0.2) is 66.1 Å². The molecule has 2 aromatic carbocycles. The summed E-state index contributed by atoms with van der Waals surface area (Å²) >= 11 is 0. The molecule has 0 radical (unpaired) electrons. The molecule has 1 aliphatic heterocycles. The van der Waals surface area contributed by atoms with E-state index in [-0.39, 0.29) is 10.8 Å². The van der Waals surface area contributed by atoms with Crippen LogP contribution in [0.2, 0.25) is 0 Å². The minimum Gasteiger partial charge on any atom is -0.322 e. The number of carbonyl (C=O) groups excluding carboxylic acids is 1. The molecule has 2 heterocycles. The molecule has 1 aliphatic rings. The summed E-state index contributed by atoms with van der Waals surface area (Å²) < 4.78 is 28.9. The van der Waals surface area contributed by atoms with Crippen LogP contribution in [0.1, 0.15) is 10.4 Å². The second kappa shape index (κ2) is 8.34. The Kier molecular flexibility index (Phi) is 5.62. The third-order valence-corrected chi connectivity index (χ3v) is 6.90. The summed E-state index contributed by atoms with van der Waals surface area (Å²) in [4.78, 5) is 18.8. The van der Waals surface area contributed by atoms with E-state index < -0.39 is 10.0 Å². The molecule has 0 bridgehead atoms. The van der Waals surface area contributed by atoms with E-state index in [0.717, 1.165) is 5.69 Å². The van der Waals surface area contributed by atoms with E-state index in [9.17, 15) is 13.2 Å². The molecule has 0 saturated carbocycles. The predicted molar refractivity (Wildman–Crippen MR) is 112 cm³/mol. The maximum absolute atomic E-state index is 12.9. The number of anilines is 1. The quantitative estimate of drug-likeness (QED) is 0.663. The second-order valence-corrected chi connectivity index (χ2v) is 9.01. The number of hydrogen-bond donors (Lipinski definition) is 1. The van der Waals surface area contributed by atoms with E-state index in [1.807, 2.05) is 7.05 Å². The van der Waals surface area contributed by atoms with Crippen LogP contribution in [0.5, 0.6) is 0 Å². The number of piperazine rings is 1. The molecule has 0 atom stereocenters. The number of hydrogen-bond acceptors (Lipinski definition) is 6. The van der Waals surface area contributed by atoms with E-state index >= 15 is 0 Å². The molecule has 0 unspecified atom stereocenters. The smallest absolute Gasteiger partial charge is 0.255 e. The first-order valence-corrected chi connectivity index (χ1v) is 10.9. The van der Waals surface area contributed by atoms with Gasteiger partial charge in [-0.05, 0) is 49.5 Å². The molecule has 0 aliphatic carbocycles. The van der Waals surface area contributed by atoms with Crippen molar-refractivity contribution >= 4 is 21.6 Å². The van der Waals surface area contributed by atoms with Gasteiger partial charge < -0.3 is 10.2 Å². The molecule has 10 heteroatoms. The normalized spacial score (nSPS) is 15.8. The van der Waals surface area contributed by atoms with Crippen LogP contribution < -0.4 is 5.32 Å². The summed E-state index contributed by atoms with van der Waals surface area (Å²) in [7, 11) is -1.63. The Morgan fingerprint density at radius 3 is 2.43 bits per heavy atom. The van der Waals surface area contributed by atoms with Crippen molar-refractivity contribution in [2.24, 2.45) is 0 Å². The lowest BCUT2D eigenvalue weighted by Crippen LogP contribution is -2.47. The minimum absolute atomic E-state index is 0.173. The molecule has 4 rings (SSSR count). The summed E-state index contributed by atoms with van der Waals surface area (Å²) in [5.41, 5.74) is 1.66. The summed E-state index contributed by atoms with van der Waals surface area (Å²) in [6.45, 7) is 2.29. The summed E-state index contributed by atoms with van der Waals surface area (Å²) in [5.74, 6) is -0.325.